The minimum absolute atomic E-state index is 0.00442. The third-order valence-electron chi connectivity index (χ3n) is 3.14. The van der Waals surface area contributed by atoms with Crippen molar-refractivity contribution < 1.29 is 9.59 Å². The van der Waals surface area contributed by atoms with E-state index in [1.165, 1.54) is 25.4 Å². The van der Waals surface area contributed by atoms with Crippen molar-refractivity contribution in [3.8, 4) is 0 Å². The molecule has 6 nitrogen and oxygen atoms in total. The lowest BCUT2D eigenvalue weighted by atomic mass is 10.0. The van der Waals surface area contributed by atoms with Crippen molar-refractivity contribution in [2.75, 3.05) is 5.32 Å². The van der Waals surface area contributed by atoms with E-state index in [1.807, 2.05) is 0 Å². The molecule has 0 spiro atoms. The number of pyridine rings is 1. The largest absolute Gasteiger partial charge is 0.366 e. The lowest BCUT2D eigenvalue weighted by Crippen LogP contribution is -2.30. The van der Waals surface area contributed by atoms with Crippen molar-refractivity contribution in [2.45, 2.75) is 19.4 Å². The minimum atomic E-state index is -0.507. The Morgan fingerprint density at radius 3 is 2.52 bits per heavy atom. The minimum Gasteiger partial charge on any atom is -0.366 e. The molecule has 0 aliphatic rings. The molecular weight excluding hydrogens is 318 g/mol. The third kappa shape index (κ3) is 4.96. The lowest BCUT2D eigenvalue weighted by Gasteiger charge is -2.18. The van der Waals surface area contributed by atoms with Crippen LogP contribution in [0.25, 0.3) is 0 Å². The van der Waals surface area contributed by atoms with E-state index in [0.29, 0.717) is 5.02 Å². The van der Waals surface area contributed by atoms with Crippen LogP contribution in [0.4, 0.5) is 5.69 Å². The summed E-state index contributed by atoms with van der Waals surface area (Å²) < 4.78 is 0. The summed E-state index contributed by atoms with van der Waals surface area (Å²) >= 11 is 5.85. The van der Waals surface area contributed by atoms with E-state index in [4.69, 9.17) is 11.6 Å². The molecular formula is C16H16ClN3O3. The fourth-order valence-corrected chi connectivity index (χ4v) is 2.22. The first-order valence-electron chi connectivity index (χ1n) is 6.95. The molecule has 2 rings (SSSR count). The molecule has 7 heteroatoms. The molecule has 2 aromatic rings. The number of carbonyl (C=O) groups is 2. The van der Waals surface area contributed by atoms with Crippen LogP contribution in [0, 0.1) is 0 Å². The fourth-order valence-electron chi connectivity index (χ4n) is 2.09. The summed E-state index contributed by atoms with van der Waals surface area (Å²) in [6.45, 7) is 1.38. The van der Waals surface area contributed by atoms with E-state index in [2.05, 4.69) is 15.6 Å². The summed E-state index contributed by atoms with van der Waals surface area (Å²) in [5.74, 6) is -0.634. The van der Waals surface area contributed by atoms with Crippen LogP contribution in [0.15, 0.2) is 47.5 Å². The predicted octanol–water partition coefficient (Wildman–Crippen LogP) is 2.23. The van der Waals surface area contributed by atoms with Crippen LogP contribution in [0.5, 0.6) is 0 Å². The van der Waals surface area contributed by atoms with Gasteiger partial charge >= 0.3 is 0 Å². The summed E-state index contributed by atoms with van der Waals surface area (Å²) in [5.41, 5.74) is 0.622. The second kappa shape index (κ2) is 7.60. The van der Waals surface area contributed by atoms with E-state index in [0.717, 1.165) is 5.56 Å². The second-order valence-corrected chi connectivity index (χ2v) is 5.42. The zero-order valence-electron chi connectivity index (χ0n) is 12.4. The van der Waals surface area contributed by atoms with Crippen LogP contribution in [-0.4, -0.2) is 16.8 Å². The number of halogens is 1. The van der Waals surface area contributed by atoms with E-state index < -0.39 is 6.04 Å². The number of H-pyrrole nitrogens is 1. The number of aromatic nitrogens is 1. The number of rotatable bonds is 5. The molecule has 1 atom stereocenters. The average molecular weight is 334 g/mol. The molecule has 23 heavy (non-hydrogen) atoms. The van der Waals surface area contributed by atoms with Crippen molar-refractivity contribution >= 4 is 29.1 Å². The van der Waals surface area contributed by atoms with Gasteiger partial charge in [0, 0.05) is 30.4 Å². The van der Waals surface area contributed by atoms with Crippen molar-refractivity contribution in [3.05, 3.63) is 63.5 Å². The van der Waals surface area contributed by atoms with Gasteiger partial charge in [0.25, 0.3) is 0 Å². The van der Waals surface area contributed by atoms with Gasteiger partial charge in [-0.1, -0.05) is 23.7 Å². The van der Waals surface area contributed by atoms with Crippen LogP contribution in [0.3, 0.4) is 0 Å². The number of anilines is 1. The topological polar surface area (TPSA) is 91.1 Å². The lowest BCUT2D eigenvalue weighted by molar-refractivity contribution is -0.120. The number of amides is 2. The number of hydrogen-bond acceptors (Lipinski definition) is 3. The van der Waals surface area contributed by atoms with Crippen LogP contribution in [0.2, 0.25) is 5.02 Å². The van der Waals surface area contributed by atoms with E-state index in [9.17, 15) is 14.4 Å². The van der Waals surface area contributed by atoms with Gasteiger partial charge in [0.1, 0.15) is 5.69 Å². The predicted molar refractivity (Wildman–Crippen MR) is 88.3 cm³/mol. The van der Waals surface area contributed by atoms with Gasteiger partial charge in [-0.3, -0.25) is 14.4 Å². The molecule has 1 heterocycles. The number of carbonyl (C=O) groups excluding carboxylic acids is 2. The summed E-state index contributed by atoms with van der Waals surface area (Å²) in [4.78, 5) is 37.9. The van der Waals surface area contributed by atoms with Gasteiger partial charge in [-0.2, -0.15) is 0 Å². The van der Waals surface area contributed by atoms with Gasteiger partial charge in [-0.05, 0) is 17.7 Å². The molecule has 120 valence electrons. The van der Waals surface area contributed by atoms with Gasteiger partial charge in [0.15, 0.2) is 0 Å². The van der Waals surface area contributed by atoms with Crippen LogP contribution in [0.1, 0.15) is 24.9 Å². The number of benzene rings is 1. The quantitative estimate of drug-likeness (QED) is 0.783. The third-order valence-corrected chi connectivity index (χ3v) is 3.39. The zero-order valence-corrected chi connectivity index (χ0v) is 13.2. The normalized spacial score (nSPS) is 11.6. The summed E-state index contributed by atoms with van der Waals surface area (Å²) in [6.07, 6.45) is 2.89. The highest BCUT2D eigenvalue weighted by Crippen LogP contribution is 2.20. The molecule has 3 N–H and O–H groups in total. The summed E-state index contributed by atoms with van der Waals surface area (Å²) in [6, 6.07) is 7.67. The highest BCUT2D eigenvalue weighted by Gasteiger charge is 2.17. The molecule has 2 amide bonds. The van der Waals surface area contributed by atoms with E-state index in [-0.39, 0.29) is 29.4 Å². The first-order chi connectivity index (χ1) is 11.0. The number of hydrogen-bond donors (Lipinski definition) is 3. The Hall–Kier alpha value is -2.60. The Bertz CT molecular complexity index is 756. The summed E-state index contributed by atoms with van der Waals surface area (Å²) in [7, 11) is 0. The fraction of sp³-hybridized carbons (Fsp3) is 0.188. The maximum atomic E-state index is 12.2. The Morgan fingerprint density at radius 1 is 1.22 bits per heavy atom. The van der Waals surface area contributed by atoms with Crippen molar-refractivity contribution in [1.82, 2.24) is 10.3 Å². The number of aromatic amines is 1. The van der Waals surface area contributed by atoms with Gasteiger partial charge in [0.05, 0.1) is 12.5 Å². The maximum Gasteiger partial charge on any atom is 0.226 e. The highest BCUT2D eigenvalue weighted by atomic mass is 35.5. The zero-order chi connectivity index (χ0) is 16.8. The van der Waals surface area contributed by atoms with E-state index >= 15 is 0 Å². The molecule has 0 aliphatic heterocycles. The molecule has 1 aromatic heterocycles. The van der Waals surface area contributed by atoms with Crippen molar-refractivity contribution in [2.24, 2.45) is 0 Å². The molecule has 0 saturated heterocycles. The van der Waals surface area contributed by atoms with Gasteiger partial charge in [-0.25, -0.2) is 0 Å². The average Bonchev–Trinajstić information content (AvgIpc) is 2.49. The Labute approximate surface area is 137 Å². The van der Waals surface area contributed by atoms with Crippen LogP contribution < -0.4 is 16.1 Å². The Morgan fingerprint density at radius 2 is 1.91 bits per heavy atom. The van der Waals surface area contributed by atoms with Crippen LogP contribution in [-0.2, 0) is 9.59 Å². The molecule has 0 radical (unpaired) electrons. The SMILES string of the molecule is CC(=O)NC(CC(=O)Nc1c[nH]ccc1=O)c1ccc(Cl)cc1. The van der Waals surface area contributed by atoms with Crippen molar-refractivity contribution in [3.63, 3.8) is 0 Å². The Kier molecular flexibility index (Phi) is 5.54. The standard InChI is InChI=1S/C16H16ClN3O3/c1-10(21)19-13(11-2-4-12(17)5-3-11)8-16(23)20-14-9-18-7-6-15(14)22/h2-7,9,13H,8H2,1H3,(H,18,22)(H,19,21)(H,20,23). The first kappa shape index (κ1) is 16.8. The first-order valence-corrected chi connectivity index (χ1v) is 7.33. The maximum absolute atomic E-state index is 12.2. The van der Waals surface area contributed by atoms with Crippen molar-refractivity contribution in [1.29, 1.82) is 0 Å². The molecule has 0 fully saturated rings. The van der Waals surface area contributed by atoms with Gasteiger partial charge in [0.2, 0.25) is 17.2 Å². The molecule has 1 unspecified atom stereocenters. The highest BCUT2D eigenvalue weighted by molar-refractivity contribution is 6.30. The van der Waals surface area contributed by atoms with Crippen LogP contribution >= 0.6 is 11.6 Å². The van der Waals surface area contributed by atoms with E-state index in [1.54, 1.807) is 24.3 Å². The Balaban J connectivity index is 2.12. The molecule has 0 bridgehead atoms. The monoisotopic (exact) mass is 333 g/mol. The number of nitrogens with one attached hydrogen (secondary N) is 3. The smallest absolute Gasteiger partial charge is 0.226 e. The molecule has 0 aliphatic carbocycles. The molecule has 1 aromatic carbocycles. The van der Waals surface area contributed by atoms with Gasteiger partial charge in [-0.15, -0.1) is 0 Å². The second-order valence-electron chi connectivity index (χ2n) is 4.98. The molecule has 0 saturated carbocycles. The van der Waals surface area contributed by atoms with Gasteiger partial charge < -0.3 is 15.6 Å². The summed E-state index contributed by atoms with van der Waals surface area (Å²) in [5, 5.41) is 5.82.